The van der Waals surface area contributed by atoms with Crippen LogP contribution in [0, 0.1) is 0 Å². The molecule has 2 aliphatic carbocycles. The molecule has 22 heavy (non-hydrogen) atoms. The summed E-state index contributed by atoms with van der Waals surface area (Å²) in [5.41, 5.74) is 0.904. The lowest BCUT2D eigenvalue weighted by Crippen LogP contribution is -2.32. The lowest BCUT2D eigenvalue weighted by Gasteiger charge is -2.25. The van der Waals surface area contributed by atoms with E-state index in [1.54, 1.807) is 0 Å². The van der Waals surface area contributed by atoms with Crippen molar-refractivity contribution in [3.8, 4) is 0 Å². The molecule has 0 heterocycles. The highest BCUT2D eigenvalue weighted by molar-refractivity contribution is 7.90. The third kappa shape index (κ3) is 2.67. The van der Waals surface area contributed by atoms with Crippen molar-refractivity contribution < 1.29 is 18.3 Å². The highest BCUT2D eigenvalue weighted by Crippen LogP contribution is 2.50. The summed E-state index contributed by atoms with van der Waals surface area (Å²) in [4.78, 5) is 11.7. The first-order valence-electron chi connectivity index (χ1n) is 7.80. The van der Waals surface area contributed by atoms with Crippen LogP contribution in [0.1, 0.15) is 49.7 Å². The average Bonchev–Trinajstić information content (AvgIpc) is 3.03. The van der Waals surface area contributed by atoms with Crippen molar-refractivity contribution in [2.24, 2.45) is 0 Å². The lowest BCUT2D eigenvalue weighted by molar-refractivity contribution is -0.143. The maximum Gasteiger partial charge on any atom is 0.314 e. The van der Waals surface area contributed by atoms with Gasteiger partial charge in [0.2, 0.25) is 0 Å². The molecule has 2 aliphatic rings. The second-order valence-electron chi connectivity index (χ2n) is 7.02. The molecule has 0 atom stereocenters. The molecular formula is C17H22O4S. The molecule has 120 valence electrons. The Bertz CT molecular complexity index is 678. The van der Waals surface area contributed by atoms with E-state index in [2.05, 4.69) is 0 Å². The number of carboxylic acids is 1. The Morgan fingerprint density at radius 2 is 1.55 bits per heavy atom. The first kappa shape index (κ1) is 15.5. The first-order chi connectivity index (χ1) is 10.3. The van der Waals surface area contributed by atoms with Gasteiger partial charge < -0.3 is 5.11 Å². The van der Waals surface area contributed by atoms with Crippen LogP contribution in [0.5, 0.6) is 0 Å². The summed E-state index contributed by atoms with van der Waals surface area (Å²) in [6.45, 7) is 0. The summed E-state index contributed by atoms with van der Waals surface area (Å²) in [6, 6.07) is 7.68. The molecule has 5 heteroatoms. The Morgan fingerprint density at radius 1 is 1.05 bits per heavy atom. The lowest BCUT2D eigenvalue weighted by atomic mass is 9.78. The number of benzene rings is 1. The number of aliphatic carboxylic acids is 1. The highest BCUT2D eigenvalue weighted by Gasteiger charge is 2.47. The number of hydrogen-bond donors (Lipinski definition) is 1. The van der Waals surface area contributed by atoms with Gasteiger partial charge in [-0.3, -0.25) is 4.79 Å². The van der Waals surface area contributed by atoms with Crippen LogP contribution in [0.15, 0.2) is 24.3 Å². The summed E-state index contributed by atoms with van der Waals surface area (Å²) in [5.74, 6) is -0.557. The van der Waals surface area contributed by atoms with Crippen molar-refractivity contribution in [3.05, 3.63) is 35.4 Å². The molecule has 0 aliphatic heterocycles. The van der Waals surface area contributed by atoms with E-state index in [0.29, 0.717) is 12.8 Å². The van der Waals surface area contributed by atoms with Crippen molar-refractivity contribution in [1.82, 2.24) is 0 Å². The summed E-state index contributed by atoms with van der Waals surface area (Å²) < 4.78 is 23.2. The number of carboxylic acid groups (broad SMARTS) is 1. The normalized spacial score (nSPS) is 22.4. The minimum absolute atomic E-state index is 0.184. The van der Waals surface area contributed by atoms with Crippen molar-refractivity contribution in [2.45, 2.75) is 49.4 Å². The summed E-state index contributed by atoms with van der Waals surface area (Å²) >= 11 is 0. The van der Waals surface area contributed by atoms with Gasteiger partial charge in [0.15, 0.2) is 0 Å². The van der Waals surface area contributed by atoms with E-state index < -0.39 is 21.2 Å². The second-order valence-corrected chi connectivity index (χ2v) is 9.16. The van der Waals surface area contributed by atoms with Crippen molar-refractivity contribution in [3.63, 3.8) is 0 Å². The van der Waals surface area contributed by atoms with Gasteiger partial charge in [0, 0.05) is 11.7 Å². The molecule has 0 amide bonds. The SMILES string of the molecule is CS(=O)(=O)CC1(c2ccc(C3(C(=O)O)CCCC3)cc2)CC1. The van der Waals surface area contributed by atoms with Crippen LogP contribution in [-0.2, 0) is 25.5 Å². The maximum absolute atomic E-state index is 11.7. The monoisotopic (exact) mass is 322 g/mol. The third-order valence-corrected chi connectivity index (χ3v) is 6.39. The van der Waals surface area contributed by atoms with Crippen molar-refractivity contribution >= 4 is 15.8 Å². The Morgan fingerprint density at radius 3 is 1.95 bits per heavy atom. The van der Waals surface area contributed by atoms with Gasteiger partial charge in [0.05, 0.1) is 11.2 Å². The zero-order valence-corrected chi connectivity index (χ0v) is 13.7. The van der Waals surface area contributed by atoms with E-state index in [1.165, 1.54) is 6.26 Å². The largest absolute Gasteiger partial charge is 0.481 e. The van der Waals surface area contributed by atoms with E-state index in [4.69, 9.17) is 0 Å². The fourth-order valence-electron chi connectivity index (χ4n) is 3.92. The molecule has 0 spiro atoms. The fourth-order valence-corrected chi connectivity index (χ4v) is 5.38. The highest BCUT2D eigenvalue weighted by atomic mass is 32.2. The summed E-state index contributed by atoms with van der Waals surface area (Å²) in [5, 5.41) is 9.63. The van der Waals surface area contributed by atoms with Crippen molar-refractivity contribution in [2.75, 3.05) is 12.0 Å². The van der Waals surface area contributed by atoms with Crippen LogP contribution in [0.25, 0.3) is 0 Å². The Hall–Kier alpha value is -1.36. The standard InChI is InChI=1S/C17H22O4S/c1-22(20,21)12-16(10-11-16)13-4-6-14(7-5-13)17(15(18)19)8-2-3-9-17/h4-7H,2-3,8-12H2,1H3,(H,18,19). The van der Waals surface area contributed by atoms with Gasteiger partial charge in [-0.15, -0.1) is 0 Å². The molecule has 0 saturated heterocycles. The topological polar surface area (TPSA) is 71.4 Å². The molecule has 1 aromatic rings. The predicted octanol–water partition coefficient (Wildman–Crippen LogP) is 2.66. The van der Waals surface area contributed by atoms with E-state index in [0.717, 1.165) is 36.8 Å². The molecule has 1 N–H and O–H groups in total. The van der Waals surface area contributed by atoms with Gasteiger partial charge in [-0.25, -0.2) is 8.42 Å². The van der Waals surface area contributed by atoms with Crippen LogP contribution < -0.4 is 0 Å². The molecule has 0 aromatic heterocycles. The van der Waals surface area contributed by atoms with E-state index in [1.807, 2.05) is 24.3 Å². The summed E-state index contributed by atoms with van der Waals surface area (Å²) in [7, 11) is -3.01. The third-order valence-electron chi connectivity index (χ3n) is 5.31. The molecule has 2 fully saturated rings. The van der Waals surface area contributed by atoms with Crippen molar-refractivity contribution in [1.29, 1.82) is 0 Å². The van der Waals surface area contributed by atoms with Crippen LogP contribution in [0.4, 0.5) is 0 Å². The Labute approximate surface area is 131 Å². The predicted molar refractivity (Wildman–Crippen MR) is 84.8 cm³/mol. The molecule has 0 bridgehead atoms. The molecule has 2 saturated carbocycles. The van der Waals surface area contributed by atoms with E-state index in [-0.39, 0.29) is 11.2 Å². The summed E-state index contributed by atoms with van der Waals surface area (Å²) in [6.07, 6.45) is 6.34. The average molecular weight is 322 g/mol. The number of rotatable bonds is 5. The van der Waals surface area contributed by atoms with Crippen LogP contribution in [-0.4, -0.2) is 31.5 Å². The Balaban J connectivity index is 1.89. The van der Waals surface area contributed by atoms with Gasteiger partial charge in [0.1, 0.15) is 9.84 Å². The zero-order chi connectivity index (χ0) is 16.0. The Kier molecular flexibility index (Phi) is 3.59. The quantitative estimate of drug-likeness (QED) is 0.904. The second kappa shape index (κ2) is 5.08. The van der Waals surface area contributed by atoms with Gasteiger partial charge in [-0.05, 0) is 36.8 Å². The number of carbonyl (C=O) groups is 1. The van der Waals surface area contributed by atoms with Crippen LogP contribution in [0.3, 0.4) is 0 Å². The number of hydrogen-bond acceptors (Lipinski definition) is 3. The minimum atomic E-state index is -3.01. The van der Waals surface area contributed by atoms with Gasteiger partial charge in [0.25, 0.3) is 0 Å². The van der Waals surface area contributed by atoms with Crippen LogP contribution >= 0.6 is 0 Å². The van der Waals surface area contributed by atoms with Gasteiger partial charge in [-0.1, -0.05) is 37.1 Å². The fraction of sp³-hybridized carbons (Fsp3) is 0.588. The van der Waals surface area contributed by atoms with E-state index in [9.17, 15) is 18.3 Å². The van der Waals surface area contributed by atoms with Gasteiger partial charge >= 0.3 is 5.97 Å². The van der Waals surface area contributed by atoms with Gasteiger partial charge in [-0.2, -0.15) is 0 Å². The number of sulfone groups is 1. The maximum atomic E-state index is 11.7. The molecular weight excluding hydrogens is 300 g/mol. The molecule has 1 aromatic carbocycles. The zero-order valence-electron chi connectivity index (χ0n) is 12.8. The molecule has 3 rings (SSSR count). The molecule has 4 nitrogen and oxygen atoms in total. The smallest absolute Gasteiger partial charge is 0.314 e. The molecule has 0 radical (unpaired) electrons. The van der Waals surface area contributed by atoms with E-state index >= 15 is 0 Å². The first-order valence-corrected chi connectivity index (χ1v) is 9.86. The molecule has 0 unspecified atom stereocenters. The van der Waals surface area contributed by atoms with Crippen LogP contribution in [0.2, 0.25) is 0 Å². The minimum Gasteiger partial charge on any atom is -0.481 e.